The van der Waals surface area contributed by atoms with Gasteiger partial charge in [0.15, 0.2) is 17.7 Å². The number of ether oxygens (including phenoxy) is 2. The lowest BCUT2D eigenvalue weighted by Gasteiger charge is -2.27. The van der Waals surface area contributed by atoms with Crippen LogP contribution in [0, 0.1) is 0 Å². The summed E-state index contributed by atoms with van der Waals surface area (Å²) < 4.78 is 50.1. The predicted octanol–water partition coefficient (Wildman–Crippen LogP) is 4.94. The number of methoxy groups -OCH3 is 2. The van der Waals surface area contributed by atoms with Crippen molar-refractivity contribution in [2.45, 2.75) is 31.9 Å². The molecule has 1 unspecified atom stereocenters. The molecule has 0 saturated carbocycles. The third-order valence-electron chi connectivity index (χ3n) is 6.97. The van der Waals surface area contributed by atoms with E-state index in [1.807, 2.05) is 29.2 Å². The van der Waals surface area contributed by atoms with Crippen molar-refractivity contribution in [1.29, 1.82) is 0 Å². The standard InChI is InChI=1S/C30H29F3N4O4/c1-40-26-11-8-20(14-27(26)41-2)16-34-28(38)21-9-6-19(7-10-21)17-36-13-12-25-24(18-36)29(39)37(35-25)23-5-3-4-22(15-23)30(31,32)33/h3-11,14-15,18,29,39H,12-13,16-17H2,1-2H3,(H,34,38). The molecule has 3 aromatic carbocycles. The first kappa shape index (κ1) is 28.0. The number of amides is 1. The fraction of sp³-hybridized carbons (Fsp3) is 0.267. The van der Waals surface area contributed by atoms with Crippen molar-refractivity contribution < 1.29 is 32.5 Å². The lowest BCUT2D eigenvalue weighted by atomic mass is 10.0. The summed E-state index contributed by atoms with van der Waals surface area (Å²) in [7, 11) is 3.12. The van der Waals surface area contributed by atoms with E-state index in [2.05, 4.69) is 10.4 Å². The van der Waals surface area contributed by atoms with E-state index in [4.69, 9.17) is 9.47 Å². The molecule has 0 saturated heterocycles. The number of carbonyl (C=O) groups excluding carboxylic acids is 1. The van der Waals surface area contributed by atoms with Gasteiger partial charge in [0.2, 0.25) is 0 Å². The summed E-state index contributed by atoms with van der Waals surface area (Å²) in [4.78, 5) is 14.7. The SMILES string of the molecule is COc1ccc(CNC(=O)c2ccc(CN3C=C4C(=NN(c5cccc(C(F)(F)F)c5)C4O)CC3)cc2)cc1OC. The third kappa shape index (κ3) is 6.14. The maximum atomic E-state index is 13.2. The van der Waals surface area contributed by atoms with Gasteiger partial charge in [-0.1, -0.05) is 24.3 Å². The molecule has 2 aliphatic heterocycles. The minimum Gasteiger partial charge on any atom is -0.493 e. The predicted molar refractivity (Wildman–Crippen MR) is 148 cm³/mol. The second-order valence-corrected chi connectivity index (χ2v) is 9.69. The number of aliphatic hydroxyl groups is 1. The van der Waals surface area contributed by atoms with Crippen LogP contribution >= 0.6 is 0 Å². The van der Waals surface area contributed by atoms with Gasteiger partial charge in [-0.2, -0.15) is 18.3 Å². The Morgan fingerprint density at radius 3 is 2.46 bits per heavy atom. The van der Waals surface area contributed by atoms with Crippen LogP contribution in [0.4, 0.5) is 18.9 Å². The Balaban J connectivity index is 1.20. The number of alkyl halides is 3. The Morgan fingerprint density at radius 1 is 1.02 bits per heavy atom. The molecule has 0 radical (unpaired) electrons. The van der Waals surface area contributed by atoms with E-state index in [1.165, 1.54) is 17.1 Å². The van der Waals surface area contributed by atoms with Gasteiger partial charge < -0.3 is 24.8 Å². The van der Waals surface area contributed by atoms with Gasteiger partial charge in [0.05, 0.1) is 31.2 Å². The van der Waals surface area contributed by atoms with Crippen molar-refractivity contribution in [3.63, 3.8) is 0 Å². The fourth-order valence-corrected chi connectivity index (χ4v) is 4.79. The van der Waals surface area contributed by atoms with E-state index < -0.39 is 18.0 Å². The van der Waals surface area contributed by atoms with E-state index in [1.54, 1.807) is 38.6 Å². The van der Waals surface area contributed by atoms with E-state index in [0.29, 0.717) is 54.4 Å². The quantitative estimate of drug-likeness (QED) is 0.402. The van der Waals surface area contributed by atoms with Gasteiger partial charge in [-0.3, -0.25) is 4.79 Å². The molecule has 41 heavy (non-hydrogen) atoms. The van der Waals surface area contributed by atoms with Crippen molar-refractivity contribution in [3.05, 3.63) is 101 Å². The van der Waals surface area contributed by atoms with Gasteiger partial charge in [-0.05, 0) is 53.6 Å². The van der Waals surface area contributed by atoms with Crippen LogP contribution in [0.3, 0.4) is 0 Å². The van der Waals surface area contributed by atoms with Crippen molar-refractivity contribution in [1.82, 2.24) is 10.2 Å². The first-order valence-corrected chi connectivity index (χ1v) is 12.9. The smallest absolute Gasteiger partial charge is 0.416 e. The number of hydrogen-bond acceptors (Lipinski definition) is 7. The van der Waals surface area contributed by atoms with Crippen molar-refractivity contribution in [2.24, 2.45) is 5.10 Å². The minimum atomic E-state index is -4.49. The second-order valence-electron chi connectivity index (χ2n) is 9.69. The Kier molecular flexibility index (Phi) is 7.89. The molecule has 0 aliphatic carbocycles. The van der Waals surface area contributed by atoms with E-state index in [-0.39, 0.29) is 11.6 Å². The maximum absolute atomic E-state index is 13.2. The molecule has 0 aromatic heterocycles. The molecule has 0 spiro atoms. The van der Waals surface area contributed by atoms with Crippen LogP contribution in [0.5, 0.6) is 11.5 Å². The monoisotopic (exact) mass is 566 g/mol. The molecule has 0 bridgehead atoms. The van der Waals surface area contributed by atoms with E-state index >= 15 is 0 Å². The third-order valence-corrected chi connectivity index (χ3v) is 6.97. The Labute approximate surface area is 235 Å². The number of fused-ring (bicyclic) bond motifs is 1. The molecule has 3 aromatic rings. The number of anilines is 1. The fourth-order valence-electron chi connectivity index (χ4n) is 4.79. The highest BCUT2D eigenvalue weighted by atomic mass is 19.4. The lowest BCUT2D eigenvalue weighted by molar-refractivity contribution is -0.137. The molecular formula is C30H29F3N4O4. The average Bonchev–Trinajstić information content (AvgIpc) is 3.31. The van der Waals surface area contributed by atoms with Crippen LogP contribution in [0.25, 0.3) is 0 Å². The first-order chi connectivity index (χ1) is 19.7. The van der Waals surface area contributed by atoms with Gasteiger partial charge in [0.1, 0.15) is 0 Å². The number of carbonyl (C=O) groups is 1. The molecule has 2 heterocycles. The van der Waals surface area contributed by atoms with E-state index in [9.17, 15) is 23.1 Å². The van der Waals surface area contributed by atoms with Gasteiger partial charge in [-0.25, -0.2) is 5.01 Å². The van der Waals surface area contributed by atoms with Crippen molar-refractivity contribution in [3.8, 4) is 11.5 Å². The molecule has 1 amide bonds. The molecule has 1 atom stereocenters. The molecule has 5 rings (SSSR count). The topological polar surface area (TPSA) is 86.6 Å². The lowest BCUT2D eigenvalue weighted by Crippen LogP contribution is -2.32. The largest absolute Gasteiger partial charge is 0.493 e. The van der Waals surface area contributed by atoms with E-state index in [0.717, 1.165) is 23.3 Å². The number of benzene rings is 3. The molecule has 2 aliphatic rings. The molecule has 2 N–H and O–H groups in total. The highest BCUT2D eigenvalue weighted by molar-refractivity contribution is 6.04. The van der Waals surface area contributed by atoms with Crippen LogP contribution in [0.15, 0.2) is 83.6 Å². The van der Waals surface area contributed by atoms with Gasteiger partial charge >= 0.3 is 6.18 Å². The number of aliphatic hydroxyl groups excluding tert-OH is 1. The minimum absolute atomic E-state index is 0.168. The van der Waals surface area contributed by atoms with Crippen LogP contribution in [0.2, 0.25) is 0 Å². The van der Waals surface area contributed by atoms with Crippen LogP contribution in [-0.2, 0) is 19.3 Å². The van der Waals surface area contributed by atoms with Crippen molar-refractivity contribution in [2.75, 3.05) is 25.8 Å². The highest BCUT2D eigenvalue weighted by Gasteiger charge is 2.36. The second kappa shape index (κ2) is 11.5. The zero-order valence-electron chi connectivity index (χ0n) is 22.5. The summed E-state index contributed by atoms with van der Waals surface area (Å²) in [6, 6.07) is 17.5. The van der Waals surface area contributed by atoms with Crippen molar-refractivity contribution >= 4 is 17.3 Å². The number of hydrogen-bond donors (Lipinski definition) is 2. The highest BCUT2D eigenvalue weighted by Crippen LogP contribution is 2.35. The molecule has 0 fully saturated rings. The summed E-state index contributed by atoms with van der Waals surface area (Å²) in [5, 5.41) is 19.4. The number of rotatable bonds is 8. The zero-order chi connectivity index (χ0) is 29.1. The Morgan fingerprint density at radius 2 is 1.76 bits per heavy atom. The number of hydrazone groups is 1. The number of nitrogens with zero attached hydrogens (tertiary/aromatic N) is 3. The molecule has 11 heteroatoms. The van der Waals surface area contributed by atoms with Gasteiger partial charge in [-0.15, -0.1) is 0 Å². The summed E-state index contributed by atoms with van der Waals surface area (Å²) in [5.41, 5.74) is 2.92. The maximum Gasteiger partial charge on any atom is 0.416 e. The summed E-state index contributed by atoms with van der Waals surface area (Å²) in [6.45, 7) is 1.48. The van der Waals surface area contributed by atoms with Crippen LogP contribution in [-0.4, -0.2) is 48.6 Å². The van der Waals surface area contributed by atoms with Gasteiger partial charge in [0.25, 0.3) is 5.91 Å². The molecular weight excluding hydrogens is 537 g/mol. The summed E-state index contributed by atoms with van der Waals surface area (Å²) >= 11 is 0. The number of halogens is 3. The van der Waals surface area contributed by atoms with Crippen LogP contribution < -0.4 is 19.8 Å². The van der Waals surface area contributed by atoms with Crippen LogP contribution in [0.1, 0.15) is 33.5 Å². The molecule has 8 nitrogen and oxygen atoms in total. The Hall–Kier alpha value is -4.51. The summed E-state index contributed by atoms with van der Waals surface area (Å²) in [5.74, 6) is 0.987. The normalized spacial score (nSPS) is 16.6. The average molecular weight is 567 g/mol. The zero-order valence-corrected chi connectivity index (χ0v) is 22.5. The van der Waals surface area contributed by atoms with Gasteiger partial charge in [0, 0.05) is 43.4 Å². The molecule has 214 valence electrons. The summed E-state index contributed by atoms with van der Waals surface area (Å²) in [6.07, 6.45) is -3.34. The number of nitrogens with one attached hydrogen (secondary N) is 1. The first-order valence-electron chi connectivity index (χ1n) is 12.9. The Bertz CT molecular complexity index is 1490.